The average Bonchev–Trinajstić information content (AvgIpc) is 2.68. The van der Waals surface area contributed by atoms with Gasteiger partial charge in [-0.2, -0.15) is 0 Å². The van der Waals surface area contributed by atoms with Crippen LogP contribution in [0.1, 0.15) is 20.3 Å². The van der Waals surface area contributed by atoms with Crippen molar-refractivity contribution in [2.75, 3.05) is 6.61 Å². The quantitative estimate of drug-likeness (QED) is 0.461. The van der Waals surface area contributed by atoms with E-state index in [9.17, 15) is 9.90 Å². The SMILES string of the molecule is BN[C@@H](CO)[C@@H](C=C)CC(C)(C)[Si](O)(c1ccccc1)c1ccccc1. The van der Waals surface area contributed by atoms with Gasteiger partial charge in [-0.15, -0.1) is 6.58 Å². The summed E-state index contributed by atoms with van der Waals surface area (Å²) in [7, 11) is -1.19. The van der Waals surface area contributed by atoms with E-state index in [0.717, 1.165) is 16.8 Å². The Hall–Kier alpha value is -1.66. The van der Waals surface area contributed by atoms with E-state index in [1.54, 1.807) is 0 Å². The summed E-state index contributed by atoms with van der Waals surface area (Å²) in [6.45, 7) is 8.29. The second-order valence-corrected chi connectivity index (χ2v) is 11.4. The predicted molar refractivity (Wildman–Crippen MR) is 115 cm³/mol. The number of benzene rings is 2. The number of hydrogen-bond donors (Lipinski definition) is 3. The van der Waals surface area contributed by atoms with E-state index in [4.69, 9.17) is 0 Å². The van der Waals surface area contributed by atoms with Crippen LogP contribution in [-0.4, -0.2) is 38.8 Å². The maximum Gasteiger partial charge on any atom is 0.258 e. The number of nitrogens with one attached hydrogen (secondary N) is 1. The fraction of sp³-hybridized carbons (Fsp3) is 0.333. The predicted octanol–water partition coefficient (Wildman–Crippen LogP) is 1.21. The third-order valence-corrected chi connectivity index (χ3v) is 10.00. The molecule has 5 heteroatoms. The Balaban J connectivity index is 2.52. The normalized spacial score (nSPS) is 14.6. The Bertz CT molecular complexity index is 650. The highest BCUT2D eigenvalue weighted by Gasteiger charge is 2.50. The smallest absolute Gasteiger partial charge is 0.258 e. The first-order valence-corrected chi connectivity index (χ1v) is 11.1. The van der Waals surface area contributed by atoms with Crippen LogP contribution in [0, 0.1) is 5.92 Å². The first-order valence-electron chi connectivity index (χ1n) is 9.14. The third-order valence-electron chi connectivity index (χ3n) is 5.50. The maximum atomic E-state index is 12.2. The summed E-state index contributed by atoms with van der Waals surface area (Å²) in [4.78, 5) is 12.2. The Morgan fingerprint density at radius 3 is 1.88 bits per heavy atom. The molecule has 0 saturated carbocycles. The number of rotatable bonds is 9. The van der Waals surface area contributed by atoms with Crippen molar-refractivity contribution in [1.29, 1.82) is 0 Å². The summed E-state index contributed by atoms with van der Waals surface area (Å²) < 4.78 is 0. The summed E-state index contributed by atoms with van der Waals surface area (Å²) in [5.74, 6) is 0.0615. The summed E-state index contributed by atoms with van der Waals surface area (Å²) in [6.07, 6.45) is 2.62. The third kappa shape index (κ3) is 4.02. The topological polar surface area (TPSA) is 52.5 Å². The average molecular weight is 367 g/mol. The van der Waals surface area contributed by atoms with E-state index in [2.05, 4.69) is 25.7 Å². The second-order valence-electron chi connectivity index (χ2n) is 7.51. The van der Waals surface area contributed by atoms with E-state index in [-0.39, 0.29) is 23.6 Å². The fourth-order valence-electron chi connectivity index (χ4n) is 3.87. The van der Waals surface area contributed by atoms with Gasteiger partial charge in [-0.3, -0.25) is 0 Å². The van der Waals surface area contributed by atoms with Crippen molar-refractivity contribution >= 4 is 26.7 Å². The monoisotopic (exact) mass is 367 g/mol. The molecule has 3 N–H and O–H groups in total. The van der Waals surface area contributed by atoms with Crippen molar-refractivity contribution in [3.05, 3.63) is 73.3 Å². The first-order chi connectivity index (χ1) is 12.4. The molecule has 0 aliphatic carbocycles. The van der Waals surface area contributed by atoms with E-state index >= 15 is 0 Å². The Morgan fingerprint density at radius 1 is 1.08 bits per heavy atom. The second kappa shape index (κ2) is 8.82. The molecular formula is C21H30BNO2Si. The highest BCUT2D eigenvalue weighted by Crippen LogP contribution is 2.42. The molecule has 3 nitrogen and oxygen atoms in total. The molecule has 2 rings (SSSR count). The van der Waals surface area contributed by atoms with E-state index < -0.39 is 8.32 Å². The van der Waals surface area contributed by atoms with Crippen LogP contribution in [0.15, 0.2) is 73.3 Å². The number of aliphatic hydroxyl groups is 1. The number of aliphatic hydroxyl groups excluding tert-OH is 1. The number of hydrogen-bond acceptors (Lipinski definition) is 3. The van der Waals surface area contributed by atoms with Crippen molar-refractivity contribution in [3.63, 3.8) is 0 Å². The maximum absolute atomic E-state index is 12.2. The van der Waals surface area contributed by atoms with Crippen LogP contribution in [0.2, 0.25) is 5.04 Å². The summed E-state index contributed by atoms with van der Waals surface area (Å²) in [6, 6.07) is 20.0. The molecule has 0 spiro atoms. The lowest BCUT2D eigenvalue weighted by molar-refractivity contribution is 0.220. The van der Waals surface area contributed by atoms with Crippen molar-refractivity contribution in [2.24, 2.45) is 5.92 Å². The highest BCUT2D eigenvalue weighted by atomic mass is 28.4. The van der Waals surface area contributed by atoms with Gasteiger partial charge in [0.25, 0.3) is 8.32 Å². The molecule has 0 heterocycles. The molecule has 2 atom stereocenters. The van der Waals surface area contributed by atoms with Crippen LogP contribution in [0.3, 0.4) is 0 Å². The van der Waals surface area contributed by atoms with Gasteiger partial charge in [-0.25, -0.2) is 0 Å². The van der Waals surface area contributed by atoms with Crippen LogP contribution in [-0.2, 0) is 0 Å². The minimum Gasteiger partial charge on any atom is -0.424 e. The van der Waals surface area contributed by atoms with Crippen molar-refractivity contribution in [2.45, 2.75) is 31.3 Å². The lowest BCUT2D eigenvalue weighted by Crippen LogP contribution is -2.66. The Morgan fingerprint density at radius 2 is 1.54 bits per heavy atom. The molecule has 0 amide bonds. The van der Waals surface area contributed by atoms with E-state index in [1.165, 1.54) is 0 Å². The minimum atomic E-state index is -3.04. The van der Waals surface area contributed by atoms with Gasteiger partial charge in [-0.1, -0.05) is 80.6 Å². The van der Waals surface area contributed by atoms with Crippen LogP contribution in [0.4, 0.5) is 0 Å². The molecule has 0 aliphatic rings. The van der Waals surface area contributed by atoms with Crippen LogP contribution < -0.4 is 15.6 Å². The molecule has 0 unspecified atom stereocenters. The molecule has 2 aromatic rings. The summed E-state index contributed by atoms with van der Waals surface area (Å²) in [5.41, 5.74) is 0. The van der Waals surface area contributed by atoms with Gasteiger partial charge >= 0.3 is 0 Å². The Labute approximate surface area is 159 Å². The standard InChI is InChI=1S/C21H30BNO2Si/c1-4-17(20(16-24)23-22)15-21(2,3)26(25,18-11-7-5-8-12-18)19-13-9-6-10-14-19/h4-14,17,20,23-25H,1,15-16,22H2,2-3H3/t17-,20-/m0/s1. The van der Waals surface area contributed by atoms with Crippen LogP contribution in [0.25, 0.3) is 0 Å². The van der Waals surface area contributed by atoms with E-state index in [1.807, 2.05) is 74.7 Å². The van der Waals surface area contributed by atoms with Gasteiger partial charge in [0.1, 0.15) is 0 Å². The van der Waals surface area contributed by atoms with Gasteiger partial charge in [0.2, 0.25) is 0 Å². The lowest BCUT2D eigenvalue weighted by Gasteiger charge is -2.43. The molecular weight excluding hydrogens is 337 g/mol. The lowest BCUT2D eigenvalue weighted by atomic mass is 9.89. The van der Waals surface area contributed by atoms with Gasteiger partial charge < -0.3 is 15.1 Å². The molecule has 0 bridgehead atoms. The molecule has 0 saturated heterocycles. The zero-order valence-corrected chi connectivity index (χ0v) is 17.0. The van der Waals surface area contributed by atoms with Gasteiger partial charge in [0.15, 0.2) is 7.98 Å². The van der Waals surface area contributed by atoms with Gasteiger partial charge in [0, 0.05) is 6.04 Å². The molecule has 0 aromatic heterocycles. The van der Waals surface area contributed by atoms with Crippen molar-refractivity contribution in [3.8, 4) is 0 Å². The first kappa shape index (κ1) is 20.7. The zero-order chi connectivity index (χ0) is 19.2. The summed E-state index contributed by atoms with van der Waals surface area (Å²) >= 11 is 0. The molecule has 0 fully saturated rings. The molecule has 0 radical (unpaired) electrons. The van der Waals surface area contributed by atoms with Crippen LogP contribution in [0.5, 0.6) is 0 Å². The molecule has 26 heavy (non-hydrogen) atoms. The molecule has 0 aliphatic heterocycles. The van der Waals surface area contributed by atoms with E-state index in [0.29, 0.717) is 0 Å². The molecule has 2 aromatic carbocycles. The van der Waals surface area contributed by atoms with Crippen LogP contribution >= 0.6 is 0 Å². The van der Waals surface area contributed by atoms with Gasteiger partial charge in [-0.05, 0) is 27.8 Å². The van der Waals surface area contributed by atoms with Crippen molar-refractivity contribution < 1.29 is 9.90 Å². The van der Waals surface area contributed by atoms with Crippen molar-refractivity contribution in [1.82, 2.24) is 5.23 Å². The fourth-order valence-corrected chi connectivity index (χ4v) is 7.65. The molecule has 138 valence electrons. The largest absolute Gasteiger partial charge is 0.424 e. The summed E-state index contributed by atoms with van der Waals surface area (Å²) in [5, 5.41) is 14.5. The minimum absolute atomic E-state index is 0.0416. The Kier molecular flexibility index (Phi) is 7.01. The zero-order valence-electron chi connectivity index (χ0n) is 16.0. The highest BCUT2D eigenvalue weighted by molar-refractivity contribution is 6.98. The van der Waals surface area contributed by atoms with Gasteiger partial charge in [0.05, 0.1) is 6.61 Å².